The lowest BCUT2D eigenvalue weighted by Crippen LogP contribution is -2.16. The molecule has 0 bridgehead atoms. The third-order valence-electron chi connectivity index (χ3n) is 4.88. The number of hydrogen-bond donors (Lipinski definition) is 0. The van der Waals surface area contributed by atoms with Crippen molar-refractivity contribution in [3.63, 3.8) is 0 Å². The molecular formula is C24H20N2O2. The van der Waals surface area contributed by atoms with Crippen LogP contribution in [0.15, 0.2) is 77.1 Å². The van der Waals surface area contributed by atoms with E-state index in [0.717, 1.165) is 27.6 Å². The van der Waals surface area contributed by atoms with Crippen LogP contribution in [0.4, 0.5) is 0 Å². The van der Waals surface area contributed by atoms with E-state index in [0.29, 0.717) is 12.2 Å². The minimum absolute atomic E-state index is 0.243. The van der Waals surface area contributed by atoms with Gasteiger partial charge in [-0.15, -0.1) is 0 Å². The number of rotatable bonds is 4. The van der Waals surface area contributed by atoms with Crippen molar-refractivity contribution in [2.24, 2.45) is 4.99 Å². The number of ether oxygens (including phenoxy) is 2. The lowest BCUT2D eigenvalue weighted by molar-refractivity contribution is 0.336. The van der Waals surface area contributed by atoms with E-state index in [-0.39, 0.29) is 11.8 Å². The Bertz CT molecular complexity index is 1120. The van der Waals surface area contributed by atoms with E-state index in [1.54, 1.807) is 0 Å². The van der Waals surface area contributed by atoms with Gasteiger partial charge in [0, 0.05) is 10.9 Å². The number of hydrogen-bond acceptors (Lipinski definition) is 4. The fourth-order valence-electron chi connectivity index (χ4n) is 3.50. The monoisotopic (exact) mass is 368 g/mol. The predicted molar refractivity (Wildman–Crippen MR) is 110 cm³/mol. The van der Waals surface area contributed by atoms with Crippen LogP contribution in [0.2, 0.25) is 0 Å². The van der Waals surface area contributed by atoms with Crippen LogP contribution in [0, 0.1) is 18.3 Å². The molecule has 28 heavy (non-hydrogen) atoms. The zero-order valence-electron chi connectivity index (χ0n) is 15.8. The first-order valence-corrected chi connectivity index (χ1v) is 9.27. The lowest BCUT2D eigenvalue weighted by atomic mass is 9.82. The smallest absolute Gasteiger partial charge is 0.236 e. The molecule has 1 aliphatic rings. The second-order valence-electron chi connectivity index (χ2n) is 6.67. The van der Waals surface area contributed by atoms with Crippen molar-refractivity contribution in [3.05, 3.63) is 88.8 Å². The molecule has 0 amide bonds. The maximum atomic E-state index is 9.94. The number of nitrogens with zero attached hydrogens (tertiary/aromatic N) is 2. The van der Waals surface area contributed by atoms with Crippen molar-refractivity contribution in [1.82, 2.24) is 0 Å². The molecule has 4 nitrogen and oxygen atoms in total. The van der Waals surface area contributed by atoms with E-state index >= 15 is 0 Å². The summed E-state index contributed by atoms with van der Waals surface area (Å²) in [7, 11) is 0. The number of allylic oxidation sites excluding steroid dienone is 1. The van der Waals surface area contributed by atoms with Crippen molar-refractivity contribution in [3.8, 4) is 11.8 Å². The van der Waals surface area contributed by atoms with E-state index in [1.807, 2.05) is 44.2 Å². The van der Waals surface area contributed by atoms with Gasteiger partial charge in [0.2, 0.25) is 5.88 Å². The molecule has 3 aromatic carbocycles. The molecule has 0 radical (unpaired) electrons. The Balaban J connectivity index is 1.96. The summed E-state index contributed by atoms with van der Waals surface area (Å²) in [5.74, 6) is 0.782. The largest absolute Gasteiger partial charge is 0.483 e. The molecule has 3 aromatic rings. The zero-order chi connectivity index (χ0) is 19.5. The quantitative estimate of drug-likeness (QED) is 0.453. The molecule has 1 unspecified atom stereocenters. The van der Waals surface area contributed by atoms with Crippen molar-refractivity contribution in [2.45, 2.75) is 19.8 Å². The second kappa shape index (κ2) is 7.58. The first kappa shape index (κ1) is 17.8. The Kier molecular flexibility index (Phi) is 4.82. The summed E-state index contributed by atoms with van der Waals surface area (Å²) in [6.45, 7) is 4.43. The maximum absolute atomic E-state index is 9.94. The third-order valence-corrected chi connectivity index (χ3v) is 4.88. The number of fused-ring (bicyclic) bond motifs is 3. The fraction of sp³-hybridized carbons (Fsp3) is 0.167. The molecule has 0 N–H and O–H groups in total. The van der Waals surface area contributed by atoms with Crippen LogP contribution in [-0.4, -0.2) is 13.0 Å². The third kappa shape index (κ3) is 3.12. The van der Waals surface area contributed by atoms with Crippen molar-refractivity contribution in [2.75, 3.05) is 6.61 Å². The highest BCUT2D eigenvalue weighted by molar-refractivity contribution is 5.91. The summed E-state index contributed by atoms with van der Waals surface area (Å²) < 4.78 is 11.4. The summed E-state index contributed by atoms with van der Waals surface area (Å²) in [6, 6.07) is 22.7. The Hall–Kier alpha value is -3.58. The maximum Gasteiger partial charge on any atom is 0.236 e. The Labute approximate surface area is 164 Å². The molecular weight excluding hydrogens is 348 g/mol. The van der Waals surface area contributed by atoms with Crippen molar-refractivity contribution < 1.29 is 9.47 Å². The van der Waals surface area contributed by atoms with Gasteiger partial charge in [0.05, 0.1) is 12.5 Å². The van der Waals surface area contributed by atoms with E-state index < -0.39 is 0 Å². The van der Waals surface area contributed by atoms with Crippen LogP contribution in [0.5, 0.6) is 5.75 Å². The summed E-state index contributed by atoms with van der Waals surface area (Å²) in [5, 5.41) is 12.0. The fourth-order valence-corrected chi connectivity index (χ4v) is 3.50. The molecule has 1 heterocycles. The first-order chi connectivity index (χ1) is 13.7. The SMILES string of the molecule is CCO/C=N/C1=C(C#N)C(c2ccc(C)cc2)c2ccc3ccccc3c2O1. The van der Waals surface area contributed by atoms with Crippen LogP contribution >= 0.6 is 0 Å². The summed E-state index contributed by atoms with van der Waals surface area (Å²) >= 11 is 0. The Morgan fingerprint density at radius 2 is 1.89 bits per heavy atom. The average molecular weight is 368 g/mol. The van der Waals surface area contributed by atoms with Crippen molar-refractivity contribution in [1.29, 1.82) is 5.26 Å². The average Bonchev–Trinajstić information content (AvgIpc) is 2.73. The number of benzene rings is 3. The van der Waals surface area contributed by atoms with Gasteiger partial charge < -0.3 is 9.47 Å². The number of aliphatic imine (C=N–C) groups is 1. The highest BCUT2D eigenvalue weighted by Crippen LogP contribution is 2.46. The normalized spacial score (nSPS) is 16.0. The van der Waals surface area contributed by atoms with Gasteiger partial charge in [0.25, 0.3) is 0 Å². The van der Waals surface area contributed by atoms with Crippen LogP contribution in [0.1, 0.15) is 29.5 Å². The predicted octanol–water partition coefficient (Wildman–Crippen LogP) is 5.47. The number of aryl methyl sites for hydroxylation is 1. The van der Waals surface area contributed by atoms with Crippen molar-refractivity contribution >= 4 is 17.2 Å². The molecule has 4 rings (SSSR count). The topological polar surface area (TPSA) is 54.6 Å². The molecule has 0 aromatic heterocycles. The molecule has 0 spiro atoms. The minimum Gasteiger partial charge on any atom is -0.483 e. The van der Waals surface area contributed by atoms with Crippen LogP contribution < -0.4 is 4.74 Å². The molecule has 1 aliphatic heterocycles. The standard InChI is InChI=1S/C24H20N2O2/c1-3-27-15-26-24-21(14-25)22(18-10-8-16(2)9-11-18)20-13-12-17-6-4-5-7-19(17)23(20)28-24/h4-13,15,22H,3H2,1-2H3/b26-15+. The minimum atomic E-state index is -0.243. The Morgan fingerprint density at radius 3 is 2.64 bits per heavy atom. The first-order valence-electron chi connectivity index (χ1n) is 9.27. The molecule has 0 fully saturated rings. The molecule has 4 heteroatoms. The molecule has 138 valence electrons. The van der Waals surface area contributed by atoms with Crippen LogP contribution in [0.25, 0.3) is 10.8 Å². The number of nitriles is 1. The highest BCUT2D eigenvalue weighted by Gasteiger charge is 2.32. The van der Waals surface area contributed by atoms with Gasteiger partial charge in [-0.25, -0.2) is 0 Å². The van der Waals surface area contributed by atoms with Gasteiger partial charge in [-0.3, -0.25) is 0 Å². The molecule has 0 saturated heterocycles. The van der Waals surface area contributed by atoms with Gasteiger partial charge in [0.15, 0.2) is 6.40 Å². The molecule has 0 saturated carbocycles. The van der Waals surface area contributed by atoms with Gasteiger partial charge in [0.1, 0.15) is 17.4 Å². The van der Waals surface area contributed by atoms with Gasteiger partial charge >= 0.3 is 0 Å². The summed E-state index contributed by atoms with van der Waals surface area (Å²) in [5.41, 5.74) is 3.65. The molecule has 0 aliphatic carbocycles. The summed E-state index contributed by atoms with van der Waals surface area (Å²) in [4.78, 5) is 4.31. The highest BCUT2D eigenvalue weighted by atomic mass is 16.5. The van der Waals surface area contributed by atoms with E-state index in [2.05, 4.69) is 41.4 Å². The lowest BCUT2D eigenvalue weighted by Gasteiger charge is -2.27. The zero-order valence-corrected chi connectivity index (χ0v) is 15.8. The van der Waals surface area contributed by atoms with Gasteiger partial charge in [-0.05, 0) is 24.8 Å². The van der Waals surface area contributed by atoms with Crippen LogP contribution in [0.3, 0.4) is 0 Å². The molecule has 1 atom stereocenters. The van der Waals surface area contributed by atoms with Crippen LogP contribution in [-0.2, 0) is 4.74 Å². The summed E-state index contributed by atoms with van der Waals surface area (Å²) in [6.07, 6.45) is 1.34. The van der Waals surface area contributed by atoms with E-state index in [4.69, 9.17) is 9.47 Å². The Morgan fingerprint density at radius 1 is 1.11 bits per heavy atom. The van der Waals surface area contributed by atoms with Gasteiger partial charge in [-0.2, -0.15) is 10.3 Å². The van der Waals surface area contributed by atoms with Gasteiger partial charge in [-0.1, -0.05) is 66.2 Å². The second-order valence-corrected chi connectivity index (χ2v) is 6.67. The van der Waals surface area contributed by atoms with E-state index in [1.165, 1.54) is 12.0 Å². The van der Waals surface area contributed by atoms with E-state index in [9.17, 15) is 5.26 Å².